The van der Waals surface area contributed by atoms with E-state index in [1.165, 1.54) is 28.7 Å². The van der Waals surface area contributed by atoms with Crippen molar-refractivity contribution in [3.05, 3.63) is 41.0 Å². The number of carbonyl (C=O) groups excluding carboxylic acids is 1. The number of hydrogen-bond donors (Lipinski definition) is 4. The Morgan fingerprint density at radius 1 is 1.41 bits per heavy atom. The molecule has 2 aliphatic rings. The number of amides is 1. The van der Waals surface area contributed by atoms with Crippen LogP contribution in [0.2, 0.25) is 0 Å². The van der Waals surface area contributed by atoms with E-state index in [9.17, 15) is 4.79 Å². The summed E-state index contributed by atoms with van der Waals surface area (Å²) < 4.78 is 0. The highest BCUT2D eigenvalue weighted by Gasteiger charge is 2.22. The van der Waals surface area contributed by atoms with Gasteiger partial charge in [-0.25, -0.2) is 5.84 Å². The molecule has 1 aromatic heterocycles. The molecule has 9 nitrogen and oxygen atoms in total. The lowest BCUT2D eigenvalue weighted by molar-refractivity contribution is -0.117. The van der Waals surface area contributed by atoms with E-state index in [4.69, 9.17) is 17.3 Å². The van der Waals surface area contributed by atoms with Crippen LogP contribution in [0, 0.1) is 12.8 Å². The van der Waals surface area contributed by atoms with Gasteiger partial charge in [-0.05, 0) is 50.7 Å². The van der Waals surface area contributed by atoms with Crippen molar-refractivity contribution in [1.29, 1.82) is 0 Å². The van der Waals surface area contributed by atoms with E-state index < -0.39 is 0 Å². The predicted molar refractivity (Wildman–Crippen MR) is 114 cm³/mol. The number of aromatic nitrogens is 1. The lowest BCUT2D eigenvalue weighted by Gasteiger charge is -2.27. The minimum atomic E-state index is -0.376. The standard InChI is InChI=1S/C20H30N8O/c1-12-3-5-15-7-14(4-6-17(15)26-12)10-28(23)11-16(21)20(29)25-8-18-13(2)27-19(22)9-24-18/h3,5,9,11,13-14,18H,4,6-8,10,21,23H2,1-2H3,(H2,22,27)(H,25,29)/b16-11-/t13-,14+,18?/m0/s1. The Hall–Kier alpha value is -2.94. The van der Waals surface area contributed by atoms with Gasteiger partial charge >= 0.3 is 0 Å². The van der Waals surface area contributed by atoms with Crippen molar-refractivity contribution in [1.82, 2.24) is 15.3 Å². The second kappa shape index (κ2) is 9.04. The Labute approximate surface area is 171 Å². The zero-order chi connectivity index (χ0) is 21.0. The van der Waals surface area contributed by atoms with E-state index in [-0.39, 0.29) is 23.7 Å². The predicted octanol–water partition coefficient (Wildman–Crippen LogP) is -0.214. The number of amidine groups is 1. The first-order valence-electron chi connectivity index (χ1n) is 9.90. The third-order valence-corrected chi connectivity index (χ3v) is 5.32. The number of aliphatic imine (C=N–C) groups is 2. The fourth-order valence-electron chi connectivity index (χ4n) is 3.71. The second-order valence-corrected chi connectivity index (χ2v) is 7.80. The Kier molecular flexibility index (Phi) is 6.48. The maximum Gasteiger partial charge on any atom is 0.268 e. The number of hydrogen-bond acceptors (Lipinski definition) is 8. The molecule has 2 heterocycles. The van der Waals surface area contributed by atoms with Gasteiger partial charge in [0.15, 0.2) is 0 Å². The van der Waals surface area contributed by atoms with Crippen LogP contribution < -0.4 is 22.6 Å². The highest BCUT2D eigenvalue weighted by molar-refractivity contribution is 6.29. The molecule has 0 bridgehead atoms. The number of rotatable bonds is 6. The quantitative estimate of drug-likeness (QED) is 0.296. The minimum absolute atomic E-state index is 0.0662. The topological polar surface area (TPSA) is 148 Å². The number of carbonyl (C=O) groups is 1. The fraction of sp³-hybridized carbons (Fsp3) is 0.500. The van der Waals surface area contributed by atoms with Crippen LogP contribution in [0.5, 0.6) is 0 Å². The van der Waals surface area contributed by atoms with Crippen molar-refractivity contribution in [3.8, 4) is 0 Å². The molecule has 1 unspecified atom stereocenters. The summed E-state index contributed by atoms with van der Waals surface area (Å²) in [5.74, 6) is 6.50. The normalized spacial score (nSPS) is 23.9. The van der Waals surface area contributed by atoms with Crippen molar-refractivity contribution in [3.63, 3.8) is 0 Å². The summed E-state index contributed by atoms with van der Waals surface area (Å²) in [4.78, 5) is 25.4. The summed E-state index contributed by atoms with van der Waals surface area (Å²) in [6.07, 6.45) is 5.89. The van der Waals surface area contributed by atoms with Crippen molar-refractivity contribution >= 4 is 18.0 Å². The van der Waals surface area contributed by atoms with Crippen LogP contribution in [-0.4, -0.2) is 53.1 Å². The summed E-state index contributed by atoms with van der Waals surface area (Å²) in [5.41, 5.74) is 15.1. The summed E-state index contributed by atoms with van der Waals surface area (Å²) in [6, 6.07) is 3.94. The van der Waals surface area contributed by atoms with Gasteiger partial charge in [0, 0.05) is 30.7 Å². The molecule has 0 saturated carbocycles. The maximum absolute atomic E-state index is 12.3. The molecule has 29 heavy (non-hydrogen) atoms. The van der Waals surface area contributed by atoms with Crippen LogP contribution >= 0.6 is 0 Å². The molecule has 1 aliphatic carbocycles. The molecule has 1 aliphatic heterocycles. The highest BCUT2D eigenvalue weighted by Crippen LogP contribution is 2.25. The van der Waals surface area contributed by atoms with Crippen LogP contribution in [0.25, 0.3) is 0 Å². The Bertz CT molecular complexity index is 847. The van der Waals surface area contributed by atoms with Gasteiger partial charge in [0.05, 0.1) is 18.3 Å². The Morgan fingerprint density at radius 3 is 2.97 bits per heavy atom. The number of hydrazine groups is 1. The third-order valence-electron chi connectivity index (χ3n) is 5.32. The summed E-state index contributed by atoms with van der Waals surface area (Å²) in [6.45, 7) is 4.87. The van der Waals surface area contributed by atoms with E-state index in [1.807, 2.05) is 19.9 Å². The van der Waals surface area contributed by atoms with Crippen LogP contribution in [0.1, 0.15) is 30.3 Å². The maximum atomic E-state index is 12.3. The number of fused-ring (bicyclic) bond motifs is 1. The molecular formula is C20H30N8O. The molecule has 3 rings (SSSR count). The molecule has 1 amide bonds. The lowest BCUT2D eigenvalue weighted by Crippen LogP contribution is -2.42. The van der Waals surface area contributed by atoms with Gasteiger partial charge in [-0.2, -0.15) is 0 Å². The number of nitrogens with two attached hydrogens (primary N) is 3. The molecular weight excluding hydrogens is 368 g/mol. The summed E-state index contributed by atoms with van der Waals surface area (Å²) in [5, 5.41) is 4.28. The zero-order valence-electron chi connectivity index (χ0n) is 17.0. The van der Waals surface area contributed by atoms with Crippen molar-refractivity contribution < 1.29 is 4.79 Å². The second-order valence-electron chi connectivity index (χ2n) is 7.80. The van der Waals surface area contributed by atoms with Gasteiger partial charge in [0.1, 0.15) is 11.5 Å². The monoisotopic (exact) mass is 398 g/mol. The first-order chi connectivity index (χ1) is 13.8. The fourth-order valence-corrected chi connectivity index (χ4v) is 3.71. The van der Waals surface area contributed by atoms with Crippen LogP contribution in [0.3, 0.4) is 0 Å². The molecule has 0 spiro atoms. The lowest BCUT2D eigenvalue weighted by atomic mass is 9.86. The first-order valence-corrected chi connectivity index (χ1v) is 9.90. The summed E-state index contributed by atoms with van der Waals surface area (Å²) >= 11 is 0. The molecule has 7 N–H and O–H groups in total. The number of aryl methyl sites for hydroxylation is 2. The van der Waals surface area contributed by atoms with Gasteiger partial charge in [-0.15, -0.1) is 0 Å². The van der Waals surface area contributed by atoms with Crippen LogP contribution in [-0.2, 0) is 17.6 Å². The van der Waals surface area contributed by atoms with Crippen molar-refractivity contribution in [2.75, 3.05) is 13.1 Å². The number of nitrogens with zero attached hydrogens (tertiary/aromatic N) is 4. The third kappa shape index (κ3) is 5.54. The summed E-state index contributed by atoms with van der Waals surface area (Å²) in [7, 11) is 0. The highest BCUT2D eigenvalue weighted by atomic mass is 16.2. The molecule has 3 atom stereocenters. The minimum Gasteiger partial charge on any atom is -0.393 e. The molecule has 0 aromatic carbocycles. The Morgan fingerprint density at radius 2 is 2.21 bits per heavy atom. The van der Waals surface area contributed by atoms with Crippen LogP contribution in [0.4, 0.5) is 0 Å². The smallest absolute Gasteiger partial charge is 0.268 e. The van der Waals surface area contributed by atoms with Gasteiger partial charge in [-0.1, -0.05) is 6.07 Å². The molecule has 1 aromatic rings. The van der Waals surface area contributed by atoms with E-state index in [2.05, 4.69) is 26.4 Å². The number of pyridine rings is 1. The van der Waals surface area contributed by atoms with E-state index in [1.54, 1.807) is 0 Å². The zero-order valence-corrected chi connectivity index (χ0v) is 17.0. The number of nitrogens with one attached hydrogen (secondary N) is 1. The van der Waals surface area contributed by atoms with Gasteiger partial charge < -0.3 is 21.8 Å². The molecule has 0 radical (unpaired) electrons. The Balaban J connectivity index is 1.48. The van der Waals surface area contributed by atoms with Gasteiger partial charge in [-0.3, -0.25) is 19.8 Å². The van der Waals surface area contributed by atoms with Crippen molar-refractivity contribution in [2.45, 2.75) is 45.2 Å². The van der Waals surface area contributed by atoms with E-state index >= 15 is 0 Å². The SMILES string of the molecule is Cc1ccc2c(n1)CC[C@@H](CN(N)/C=C(\N)C(=O)NCC1N=CC(N)=N[C@H]1C)C2. The molecule has 9 heteroatoms. The van der Waals surface area contributed by atoms with E-state index in [0.717, 1.165) is 25.0 Å². The molecule has 0 fully saturated rings. The van der Waals surface area contributed by atoms with Crippen LogP contribution in [0.15, 0.2) is 34.0 Å². The van der Waals surface area contributed by atoms with Gasteiger partial charge in [0.25, 0.3) is 5.91 Å². The van der Waals surface area contributed by atoms with Crippen molar-refractivity contribution in [2.24, 2.45) is 33.2 Å². The van der Waals surface area contributed by atoms with Gasteiger partial charge in [0.2, 0.25) is 0 Å². The average Bonchev–Trinajstić information content (AvgIpc) is 2.67. The first kappa shape index (κ1) is 20.8. The largest absolute Gasteiger partial charge is 0.393 e. The molecule has 0 saturated heterocycles. The molecule has 156 valence electrons. The van der Waals surface area contributed by atoms with E-state index in [0.29, 0.717) is 24.8 Å². The average molecular weight is 399 g/mol.